The van der Waals surface area contributed by atoms with E-state index < -0.39 is 23.1 Å². The number of aromatic nitrogens is 2. The smallest absolute Gasteiger partial charge is 0.294 e. The monoisotopic (exact) mass is 284 g/mol. The van der Waals surface area contributed by atoms with E-state index in [1.165, 1.54) is 26.1 Å². The quantitative estimate of drug-likeness (QED) is 0.862. The number of nitrogens with one attached hydrogen (secondary N) is 1. The number of ketones is 1. The van der Waals surface area contributed by atoms with Crippen molar-refractivity contribution in [1.82, 2.24) is 9.78 Å². The molecule has 1 N–H and O–H groups in total. The molecule has 0 saturated heterocycles. The Hall–Kier alpha value is -2.31. The van der Waals surface area contributed by atoms with Crippen molar-refractivity contribution in [3.63, 3.8) is 0 Å². The Kier molecular flexibility index (Phi) is 3.29. The fourth-order valence-corrected chi connectivity index (χ4v) is 1.91. The maximum atomic E-state index is 12.5. The molecule has 20 heavy (non-hydrogen) atoms. The minimum absolute atomic E-state index is 0.0627. The number of carbonyl (C=O) groups excluding carboxylic acids is 1. The van der Waals surface area contributed by atoms with Gasteiger partial charge in [-0.2, -0.15) is 13.2 Å². The van der Waals surface area contributed by atoms with Crippen molar-refractivity contribution < 1.29 is 18.0 Å². The fourth-order valence-electron chi connectivity index (χ4n) is 1.91. The third-order valence-corrected chi connectivity index (χ3v) is 2.90. The van der Waals surface area contributed by atoms with Gasteiger partial charge in [0.05, 0.1) is 11.3 Å². The Morgan fingerprint density at radius 3 is 2.20 bits per heavy atom. The summed E-state index contributed by atoms with van der Waals surface area (Å²) < 4.78 is 38.6. The van der Waals surface area contributed by atoms with Gasteiger partial charge in [-0.3, -0.25) is 19.4 Å². The highest BCUT2D eigenvalue weighted by Gasteiger charge is 2.30. The Morgan fingerprint density at radius 1 is 1.20 bits per heavy atom. The summed E-state index contributed by atoms with van der Waals surface area (Å²) in [5.74, 6) is -0.443. The van der Waals surface area contributed by atoms with Crippen LogP contribution in [0.15, 0.2) is 29.1 Å². The minimum Gasteiger partial charge on any atom is -0.294 e. The largest absolute Gasteiger partial charge is 0.416 e. The summed E-state index contributed by atoms with van der Waals surface area (Å²) in [5.41, 5.74) is -0.789. The molecule has 1 aromatic carbocycles. The molecule has 1 aromatic heterocycles. The molecule has 0 aliphatic heterocycles. The van der Waals surface area contributed by atoms with Gasteiger partial charge in [0.1, 0.15) is 5.56 Å². The Morgan fingerprint density at radius 2 is 1.75 bits per heavy atom. The molecule has 4 nitrogen and oxygen atoms in total. The van der Waals surface area contributed by atoms with Gasteiger partial charge in [-0.1, -0.05) is 12.1 Å². The second-order valence-corrected chi connectivity index (χ2v) is 4.36. The molecule has 0 radical (unpaired) electrons. The first-order valence-corrected chi connectivity index (χ1v) is 5.69. The molecule has 2 rings (SSSR count). The Bertz CT molecular complexity index is 709. The summed E-state index contributed by atoms with van der Waals surface area (Å²) >= 11 is 0. The molecular weight excluding hydrogens is 273 g/mol. The van der Waals surface area contributed by atoms with Gasteiger partial charge in [0.25, 0.3) is 5.56 Å². The van der Waals surface area contributed by atoms with E-state index in [2.05, 4.69) is 5.10 Å². The zero-order valence-electron chi connectivity index (χ0n) is 10.7. The van der Waals surface area contributed by atoms with Crippen molar-refractivity contribution in [3.05, 3.63) is 45.7 Å². The van der Waals surface area contributed by atoms with Crippen LogP contribution in [0.25, 0.3) is 11.3 Å². The Labute approximate surface area is 111 Å². The molecule has 106 valence electrons. The normalized spacial score (nSPS) is 11.7. The van der Waals surface area contributed by atoms with Crippen LogP contribution in [-0.2, 0) is 13.2 Å². The number of Topliss-reactive ketones (excluding diaryl/α,β-unsaturated/α-hetero) is 1. The molecule has 0 amide bonds. The summed E-state index contributed by atoms with van der Waals surface area (Å²) in [6.45, 7) is 1.23. The molecule has 0 spiro atoms. The molecule has 0 atom stereocenters. The van der Waals surface area contributed by atoms with Gasteiger partial charge in [0.15, 0.2) is 5.78 Å². The second kappa shape index (κ2) is 4.66. The van der Waals surface area contributed by atoms with E-state index in [0.29, 0.717) is 5.56 Å². The van der Waals surface area contributed by atoms with E-state index >= 15 is 0 Å². The lowest BCUT2D eigenvalue weighted by Crippen LogP contribution is -2.17. The summed E-state index contributed by atoms with van der Waals surface area (Å²) in [5, 5.41) is 2.67. The van der Waals surface area contributed by atoms with Crippen molar-refractivity contribution in [3.8, 4) is 11.3 Å². The number of nitrogens with zero attached hydrogens (tertiary/aromatic N) is 1. The van der Waals surface area contributed by atoms with Crippen LogP contribution in [0.5, 0.6) is 0 Å². The van der Waals surface area contributed by atoms with Gasteiger partial charge in [0.2, 0.25) is 0 Å². The topological polar surface area (TPSA) is 54.9 Å². The molecule has 0 unspecified atom stereocenters. The maximum Gasteiger partial charge on any atom is 0.416 e. The number of alkyl halides is 3. The number of hydrogen-bond acceptors (Lipinski definition) is 2. The zero-order valence-corrected chi connectivity index (χ0v) is 10.7. The minimum atomic E-state index is -4.42. The van der Waals surface area contributed by atoms with Gasteiger partial charge < -0.3 is 0 Å². The van der Waals surface area contributed by atoms with E-state index in [9.17, 15) is 22.8 Å². The van der Waals surface area contributed by atoms with Gasteiger partial charge in [-0.05, 0) is 19.1 Å². The molecule has 0 aliphatic rings. The van der Waals surface area contributed by atoms with Crippen LogP contribution in [0, 0.1) is 0 Å². The zero-order chi connectivity index (χ0) is 15.1. The molecule has 7 heteroatoms. The highest BCUT2D eigenvalue weighted by atomic mass is 19.4. The average Bonchev–Trinajstić information content (AvgIpc) is 2.65. The number of H-pyrrole nitrogens is 1. The number of halogens is 3. The first-order valence-electron chi connectivity index (χ1n) is 5.69. The molecule has 2 aromatic rings. The molecule has 1 heterocycles. The summed E-state index contributed by atoms with van der Waals surface area (Å²) in [6, 6.07) is 4.26. The predicted octanol–water partition coefficient (Wildman–Crippen LogP) is 2.60. The van der Waals surface area contributed by atoms with E-state index in [0.717, 1.165) is 16.8 Å². The third-order valence-electron chi connectivity index (χ3n) is 2.90. The van der Waals surface area contributed by atoms with Crippen molar-refractivity contribution in [2.24, 2.45) is 7.05 Å². The lowest BCUT2D eigenvalue weighted by atomic mass is 10.0. The molecule has 0 aliphatic carbocycles. The van der Waals surface area contributed by atoms with Crippen LogP contribution in [0.2, 0.25) is 0 Å². The molecule has 0 saturated carbocycles. The van der Waals surface area contributed by atoms with E-state index in [-0.39, 0.29) is 11.3 Å². The lowest BCUT2D eigenvalue weighted by Gasteiger charge is -2.07. The number of aryl methyl sites for hydroxylation is 1. The number of benzene rings is 1. The molecule has 0 bridgehead atoms. The van der Waals surface area contributed by atoms with Crippen LogP contribution in [0.3, 0.4) is 0 Å². The van der Waals surface area contributed by atoms with Gasteiger partial charge in [0, 0.05) is 12.6 Å². The fraction of sp³-hybridized carbons (Fsp3) is 0.231. The van der Waals surface area contributed by atoms with E-state index in [1.807, 2.05) is 0 Å². The first kappa shape index (κ1) is 14.1. The number of aromatic amines is 1. The number of carbonyl (C=O) groups is 1. The van der Waals surface area contributed by atoms with Crippen molar-refractivity contribution >= 4 is 5.78 Å². The van der Waals surface area contributed by atoms with Crippen LogP contribution in [-0.4, -0.2) is 15.6 Å². The van der Waals surface area contributed by atoms with E-state index in [4.69, 9.17) is 0 Å². The van der Waals surface area contributed by atoms with Gasteiger partial charge >= 0.3 is 6.18 Å². The number of rotatable bonds is 2. The predicted molar refractivity (Wildman–Crippen MR) is 66.5 cm³/mol. The summed E-state index contributed by atoms with van der Waals surface area (Å²) in [6.07, 6.45) is -4.42. The average molecular weight is 284 g/mol. The van der Waals surface area contributed by atoms with Crippen LogP contribution in [0.1, 0.15) is 22.8 Å². The second-order valence-electron chi connectivity index (χ2n) is 4.36. The van der Waals surface area contributed by atoms with E-state index in [1.54, 1.807) is 0 Å². The molecular formula is C13H11F3N2O2. The highest BCUT2D eigenvalue weighted by molar-refractivity contribution is 5.99. The van der Waals surface area contributed by atoms with Crippen LogP contribution < -0.4 is 5.56 Å². The maximum absolute atomic E-state index is 12.5. The SMILES string of the molecule is CC(=O)c1c(-c2ccc(C(F)(F)F)cc2)[nH]n(C)c1=O. The standard InChI is InChI=1S/C13H11F3N2O2/c1-7(19)10-11(17-18(2)12(10)20)8-3-5-9(6-4-8)13(14,15)16/h3-6,17H,1-2H3. The van der Waals surface area contributed by atoms with Crippen molar-refractivity contribution in [1.29, 1.82) is 0 Å². The summed E-state index contributed by atoms with van der Waals surface area (Å²) in [4.78, 5) is 23.2. The van der Waals surface area contributed by atoms with Gasteiger partial charge in [-0.15, -0.1) is 0 Å². The Balaban J connectivity index is 2.56. The van der Waals surface area contributed by atoms with Crippen molar-refractivity contribution in [2.75, 3.05) is 0 Å². The number of hydrogen-bond donors (Lipinski definition) is 1. The molecule has 0 fully saturated rings. The van der Waals surface area contributed by atoms with Crippen LogP contribution in [0.4, 0.5) is 13.2 Å². The highest BCUT2D eigenvalue weighted by Crippen LogP contribution is 2.31. The third kappa shape index (κ3) is 2.38. The first-order chi connectivity index (χ1) is 9.21. The summed E-state index contributed by atoms with van der Waals surface area (Å²) in [7, 11) is 1.43. The van der Waals surface area contributed by atoms with Gasteiger partial charge in [-0.25, -0.2) is 0 Å². The van der Waals surface area contributed by atoms with Crippen molar-refractivity contribution in [2.45, 2.75) is 13.1 Å². The lowest BCUT2D eigenvalue weighted by molar-refractivity contribution is -0.137. The van der Waals surface area contributed by atoms with Crippen LogP contribution >= 0.6 is 0 Å².